The minimum atomic E-state index is -0.633. The first-order chi connectivity index (χ1) is 9.51. The number of aromatic nitrogens is 1. The fourth-order valence-corrected chi connectivity index (χ4v) is 2.31. The molecule has 0 saturated heterocycles. The lowest BCUT2D eigenvalue weighted by atomic mass is 10.1. The number of rotatable bonds is 3. The maximum Gasteiger partial charge on any atom is 0.355 e. The predicted molar refractivity (Wildman–Crippen MR) is 75.3 cm³/mol. The highest BCUT2D eigenvalue weighted by molar-refractivity contribution is 6.37. The van der Waals surface area contributed by atoms with Gasteiger partial charge < -0.3 is 14.5 Å². The number of H-pyrrole nitrogens is 1. The molecule has 0 fully saturated rings. The lowest BCUT2D eigenvalue weighted by molar-refractivity contribution is 0.0499. The van der Waals surface area contributed by atoms with Gasteiger partial charge in [-0.3, -0.25) is 0 Å². The van der Waals surface area contributed by atoms with E-state index >= 15 is 0 Å². The summed E-state index contributed by atoms with van der Waals surface area (Å²) in [7, 11) is 1.25. The quantitative estimate of drug-likeness (QED) is 0.884. The first-order valence-corrected chi connectivity index (χ1v) is 6.45. The number of benzene rings is 1. The van der Waals surface area contributed by atoms with Gasteiger partial charge in [0, 0.05) is 5.39 Å². The van der Waals surface area contributed by atoms with E-state index in [-0.39, 0.29) is 17.9 Å². The third kappa shape index (κ3) is 2.25. The first-order valence-electron chi connectivity index (χ1n) is 6.07. The Morgan fingerprint density at radius 2 is 2.00 bits per heavy atom. The SMILES string of the molecule is CCOC(=O)c1[nH]c2c(C)ccc(Cl)c2c1C(=O)OC. The molecule has 2 rings (SSSR count). The van der Waals surface area contributed by atoms with Crippen molar-refractivity contribution in [2.24, 2.45) is 0 Å². The third-order valence-corrected chi connectivity index (χ3v) is 3.30. The second-order valence-corrected chi connectivity index (χ2v) is 4.61. The summed E-state index contributed by atoms with van der Waals surface area (Å²) in [4.78, 5) is 26.9. The number of hydrogen-bond donors (Lipinski definition) is 1. The maximum absolute atomic E-state index is 12.0. The predicted octanol–water partition coefficient (Wildman–Crippen LogP) is 3.09. The van der Waals surface area contributed by atoms with Gasteiger partial charge in [-0.1, -0.05) is 17.7 Å². The first kappa shape index (κ1) is 14.4. The van der Waals surface area contributed by atoms with Gasteiger partial charge in [-0.2, -0.15) is 0 Å². The van der Waals surface area contributed by atoms with E-state index in [1.165, 1.54) is 7.11 Å². The van der Waals surface area contributed by atoms with Crippen LogP contribution in [0, 0.1) is 6.92 Å². The van der Waals surface area contributed by atoms with Crippen LogP contribution in [0.15, 0.2) is 12.1 Å². The van der Waals surface area contributed by atoms with Gasteiger partial charge in [-0.25, -0.2) is 9.59 Å². The molecular formula is C14H14ClNO4. The molecule has 1 aromatic heterocycles. The van der Waals surface area contributed by atoms with Gasteiger partial charge in [0.2, 0.25) is 0 Å². The highest BCUT2D eigenvalue weighted by Gasteiger charge is 2.26. The van der Waals surface area contributed by atoms with Crippen molar-refractivity contribution < 1.29 is 19.1 Å². The average Bonchev–Trinajstić information content (AvgIpc) is 2.84. The average molecular weight is 296 g/mol. The van der Waals surface area contributed by atoms with E-state index in [0.717, 1.165) is 5.56 Å². The molecule has 2 aromatic rings. The van der Waals surface area contributed by atoms with E-state index in [4.69, 9.17) is 21.1 Å². The van der Waals surface area contributed by atoms with Gasteiger partial charge in [-0.05, 0) is 25.5 Å². The van der Waals surface area contributed by atoms with Crippen LogP contribution in [0.3, 0.4) is 0 Å². The third-order valence-electron chi connectivity index (χ3n) is 2.98. The number of nitrogens with one attached hydrogen (secondary N) is 1. The van der Waals surface area contributed by atoms with Crippen LogP contribution in [-0.2, 0) is 9.47 Å². The molecule has 1 aromatic carbocycles. The number of halogens is 1. The van der Waals surface area contributed by atoms with Crippen LogP contribution in [0.25, 0.3) is 10.9 Å². The lowest BCUT2D eigenvalue weighted by Crippen LogP contribution is -2.12. The highest BCUT2D eigenvalue weighted by Crippen LogP contribution is 2.32. The van der Waals surface area contributed by atoms with Crippen LogP contribution in [0.5, 0.6) is 0 Å². The molecule has 0 aliphatic rings. The summed E-state index contributed by atoms with van der Waals surface area (Å²) < 4.78 is 9.69. The van der Waals surface area contributed by atoms with Crippen molar-refractivity contribution in [3.05, 3.63) is 34.0 Å². The summed E-state index contributed by atoms with van der Waals surface area (Å²) >= 11 is 6.15. The van der Waals surface area contributed by atoms with Crippen LogP contribution in [0.4, 0.5) is 0 Å². The van der Waals surface area contributed by atoms with E-state index in [1.54, 1.807) is 19.1 Å². The zero-order valence-electron chi connectivity index (χ0n) is 11.4. The number of hydrogen-bond acceptors (Lipinski definition) is 4. The molecule has 0 saturated carbocycles. The largest absolute Gasteiger partial charge is 0.465 e. The molecule has 0 radical (unpaired) electrons. The molecule has 6 heteroatoms. The molecule has 0 unspecified atom stereocenters. The van der Waals surface area contributed by atoms with E-state index in [9.17, 15) is 9.59 Å². The fourth-order valence-electron chi connectivity index (χ4n) is 2.06. The number of methoxy groups -OCH3 is 1. The molecule has 20 heavy (non-hydrogen) atoms. The Hall–Kier alpha value is -2.01. The zero-order valence-corrected chi connectivity index (χ0v) is 12.1. The number of carbonyl (C=O) groups is 2. The van der Waals surface area contributed by atoms with E-state index in [2.05, 4.69) is 4.98 Å². The molecule has 1 heterocycles. The number of aromatic amines is 1. The van der Waals surface area contributed by atoms with Crippen LogP contribution >= 0.6 is 11.6 Å². The summed E-state index contributed by atoms with van der Waals surface area (Å²) in [6.07, 6.45) is 0. The normalized spacial score (nSPS) is 10.6. The Bertz CT molecular complexity index is 690. The minimum Gasteiger partial charge on any atom is -0.465 e. The summed E-state index contributed by atoms with van der Waals surface area (Å²) in [5.74, 6) is -1.24. The zero-order chi connectivity index (χ0) is 14.9. The van der Waals surface area contributed by atoms with Crippen molar-refractivity contribution >= 4 is 34.4 Å². The number of ether oxygens (including phenoxy) is 2. The maximum atomic E-state index is 12.0. The van der Waals surface area contributed by atoms with E-state index in [0.29, 0.717) is 15.9 Å². The fraction of sp³-hybridized carbons (Fsp3) is 0.286. The summed E-state index contributed by atoms with van der Waals surface area (Å²) in [6, 6.07) is 3.48. The van der Waals surface area contributed by atoms with Crippen molar-refractivity contribution in [1.82, 2.24) is 4.98 Å². The van der Waals surface area contributed by atoms with Gasteiger partial charge in [0.1, 0.15) is 11.3 Å². The molecule has 5 nitrogen and oxygen atoms in total. The van der Waals surface area contributed by atoms with Gasteiger partial charge >= 0.3 is 11.9 Å². The molecule has 0 spiro atoms. The summed E-state index contributed by atoms with van der Waals surface area (Å²) in [5, 5.41) is 0.847. The van der Waals surface area contributed by atoms with Crippen molar-refractivity contribution in [2.45, 2.75) is 13.8 Å². The van der Waals surface area contributed by atoms with Crippen molar-refractivity contribution in [1.29, 1.82) is 0 Å². The van der Waals surface area contributed by atoms with E-state index in [1.807, 2.05) is 6.92 Å². The summed E-state index contributed by atoms with van der Waals surface area (Å²) in [5.41, 5.74) is 1.66. The number of esters is 2. The second-order valence-electron chi connectivity index (χ2n) is 4.20. The second kappa shape index (κ2) is 5.54. The number of aryl methyl sites for hydroxylation is 1. The Morgan fingerprint density at radius 3 is 2.60 bits per heavy atom. The molecule has 0 amide bonds. The van der Waals surface area contributed by atoms with Gasteiger partial charge in [-0.15, -0.1) is 0 Å². The molecule has 1 N–H and O–H groups in total. The molecule has 0 aliphatic heterocycles. The Labute approximate surface area is 120 Å². The minimum absolute atomic E-state index is 0.0601. The Balaban J connectivity index is 2.80. The van der Waals surface area contributed by atoms with Gasteiger partial charge in [0.25, 0.3) is 0 Å². The van der Waals surface area contributed by atoms with E-state index < -0.39 is 11.9 Å². The Kier molecular flexibility index (Phi) is 3.99. The van der Waals surface area contributed by atoms with Gasteiger partial charge in [0.15, 0.2) is 0 Å². The molecule has 0 atom stereocenters. The standard InChI is InChI=1S/C14H14ClNO4/c1-4-20-14(18)12-10(13(17)19-3)9-8(15)6-5-7(2)11(9)16-12/h5-6,16H,4H2,1-3H3. The monoisotopic (exact) mass is 295 g/mol. The molecular weight excluding hydrogens is 282 g/mol. The lowest BCUT2D eigenvalue weighted by Gasteiger charge is -2.03. The number of carbonyl (C=O) groups excluding carboxylic acids is 2. The Morgan fingerprint density at radius 1 is 1.30 bits per heavy atom. The topological polar surface area (TPSA) is 68.4 Å². The van der Waals surface area contributed by atoms with Crippen LogP contribution in [-0.4, -0.2) is 30.6 Å². The van der Waals surface area contributed by atoms with Crippen molar-refractivity contribution in [3.8, 4) is 0 Å². The van der Waals surface area contributed by atoms with Crippen LogP contribution in [0.1, 0.15) is 33.3 Å². The van der Waals surface area contributed by atoms with Crippen molar-refractivity contribution in [2.75, 3.05) is 13.7 Å². The van der Waals surface area contributed by atoms with Crippen molar-refractivity contribution in [3.63, 3.8) is 0 Å². The number of fused-ring (bicyclic) bond motifs is 1. The highest BCUT2D eigenvalue weighted by atomic mass is 35.5. The summed E-state index contributed by atoms with van der Waals surface area (Å²) in [6.45, 7) is 3.75. The van der Waals surface area contributed by atoms with Crippen LogP contribution in [0.2, 0.25) is 5.02 Å². The molecule has 106 valence electrons. The van der Waals surface area contributed by atoms with Crippen LogP contribution < -0.4 is 0 Å². The molecule has 0 bridgehead atoms. The molecule has 0 aliphatic carbocycles. The van der Waals surface area contributed by atoms with Gasteiger partial charge in [0.05, 0.1) is 24.3 Å². The smallest absolute Gasteiger partial charge is 0.355 e.